The van der Waals surface area contributed by atoms with E-state index in [1.54, 1.807) is 0 Å². The van der Waals surface area contributed by atoms with Gasteiger partial charge in [0, 0.05) is 17.5 Å². The highest BCUT2D eigenvalue weighted by Crippen LogP contribution is 2.13. The summed E-state index contributed by atoms with van der Waals surface area (Å²) in [6.07, 6.45) is 0.726. The fourth-order valence-electron chi connectivity index (χ4n) is 1.35. The molecule has 13 heavy (non-hydrogen) atoms. The average molecular weight is 205 g/mol. The maximum Gasteiger partial charge on any atom is 0.237 e. The Kier molecular flexibility index (Phi) is 3.19. The van der Waals surface area contributed by atoms with E-state index in [9.17, 15) is 4.79 Å². The molecule has 0 spiro atoms. The zero-order chi connectivity index (χ0) is 10.1. The monoisotopic (exact) mass is 204 g/mol. The molecule has 2 atom stereocenters. The minimum absolute atomic E-state index is 0.0515. The van der Waals surface area contributed by atoms with E-state index >= 15 is 0 Å². The van der Waals surface area contributed by atoms with E-state index in [4.69, 9.17) is 11.6 Å². The molecule has 1 saturated heterocycles. The molecule has 0 saturated carbocycles. The topological polar surface area (TPSA) is 41.1 Å². The van der Waals surface area contributed by atoms with Gasteiger partial charge in [0.1, 0.15) is 0 Å². The van der Waals surface area contributed by atoms with Crippen LogP contribution in [-0.2, 0) is 4.79 Å². The van der Waals surface area contributed by atoms with Crippen LogP contribution in [0.4, 0.5) is 0 Å². The first-order valence-corrected chi connectivity index (χ1v) is 5.01. The molecular formula is C9H17ClN2O. The fraction of sp³-hybridized carbons (Fsp3) is 0.889. The Bertz CT molecular complexity index is 200. The van der Waals surface area contributed by atoms with E-state index < -0.39 is 0 Å². The van der Waals surface area contributed by atoms with E-state index in [0.29, 0.717) is 0 Å². The summed E-state index contributed by atoms with van der Waals surface area (Å²) in [6, 6.07) is -0.110. The zero-order valence-electron chi connectivity index (χ0n) is 8.36. The van der Waals surface area contributed by atoms with Crippen molar-refractivity contribution in [1.29, 1.82) is 0 Å². The van der Waals surface area contributed by atoms with Crippen molar-refractivity contribution >= 4 is 17.5 Å². The second-order valence-electron chi connectivity index (χ2n) is 4.53. The molecule has 0 aromatic rings. The second-order valence-corrected chi connectivity index (χ2v) is 5.15. The van der Waals surface area contributed by atoms with Gasteiger partial charge in [0.15, 0.2) is 0 Å². The summed E-state index contributed by atoms with van der Waals surface area (Å²) in [6.45, 7) is 6.64. The van der Waals surface area contributed by atoms with E-state index in [1.165, 1.54) is 0 Å². The predicted octanol–water partition coefficient (Wildman–Crippen LogP) is 0.870. The van der Waals surface area contributed by atoms with Gasteiger partial charge in [-0.3, -0.25) is 4.79 Å². The third-order valence-electron chi connectivity index (χ3n) is 1.89. The van der Waals surface area contributed by atoms with Crippen molar-refractivity contribution in [2.75, 3.05) is 6.54 Å². The molecule has 1 heterocycles. The van der Waals surface area contributed by atoms with Gasteiger partial charge in [-0.25, -0.2) is 0 Å². The highest BCUT2D eigenvalue weighted by atomic mass is 35.5. The molecule has 0 aromatic carbocycles. The Morgan fingerprint density at radius 1 is 1.54 bits per heavy atom. The van der Waals surface area contributed by atoms with Crippen LogP contribution in [0.3, 0.4) is 0 Å². The molecule has 1 fully saturated rings. The van der Waals surface area contributed by atoms with Crippen LogP contribution in [0.5, 0.6) is 0 Å². The van der Waals surface area contributed by atoms with Crippen molar-refractivity contribution in [3.63, 3.8) is 0 Å². The van der Waals surface area contributed by atoms with Crippen LogP contribution in [-0.4, -0.2) is 29.4 Å². The number of carbonyl (C=O) groups is 1. The fourth-order valence-corrected chi connectivity index (χ4v) is 1.62. The first-order chi connectivity index (χ1) is 5.88. The van der Waals surface area contributed by atoms with Gasteiger partial charge < -0.3 is 10.6 Å². The molecule has 1 rings (SSSR count). The smallest absolute Gasteiger partial charge is 0.237 e. The van der Waals surface area contributed by atoms with Gasteiger partial charge >= 0.3 is 0 Å². The molecule has 4 heteroatoms. The van der Waals surface area contributed by atoms with Gasteiger partial charge in [0.25, 0.3) is 0 Å². The second kappa shape index (κ2) is 3.84. The quantitative estimate of drug-likeness (QED) is 0.623. The van der Waals surface area contributed by atoms with Crippen LogP contribution < -0.4 is 10.6 Å². The van der Waals surface area contributed by atoms with E-state index in [-0.39, 0.29) is 22.9 Å². The maximum atomic E-state index is 11.6. The molecular weight excluding hydrogens is 188 g/mol. The summed E-state index contributed by atoms with van der Waals surface area (Å²) in [4.78, 5) is 11.6. The van der Waals surface area contributed by atoms with E-state index in [2.05, 4.69) is 10.6 Å². The average Bonchev–Trinajstić information content (AvgIpc) is 2.31. The van der Waals surface area contributed by atoms with Crippen molar-refractivity contribution in [1.82, 2.24) is 10.6 Å². The third-order valence-corrected chi connectivity index (χ3v) is 2.22. The minimum Gasteiger partial charge on any atom is -0.350 e. The molecule has 76 valence electrons. The first kappa shape index (κ1) is 10.8. The van der Waals surface area contributed by atoms with Crippen molar-refractivity contribution < 1.29 is 4.79 Å². The largest absolute Gasteiger partial charge is 0.350 e. The molecule has 3 nitrogen and oxygen atoms in total. The lowest BCUT2D eigenvalue weighted by molar-refractivity contribution is -0.124. The number of carbonyl (C=O) groups excluding carboxylic acids is 1. The number of alkyl halides is 1. The summed E-state index contributed by atoms with van der Waals surface area (Å²) < 4.78 is 0. The van der Waals surface area contributed by atoms with Gasteiger partial charge in [0.05, 0.1) is 6.04 Å². The molecule has 1 amide bonds. The van der Waals surface area contributed by atoms with Gasteiger partial charge in [0.2, 0.25) is 5.91 Å². The molecule has 1 aliphatic rings. The predicted molar refractivity (Wildman–Crippen MR) is 53.9 cm³/mol. The van der Waals surface area contributed by atoms with Gasteiger partial charge in [-0.05, 0) is 27.2 Å². The molecule has 2 N–H and O–H groups in total. The van der Waals surface area contributed by atoms with Crippen LogP contribution in [0.25, 0.3) is 0 Å². The van der Waals surface area contributed by atoms with Crippen molar-refractivity contribution in [3.05, 3.63) is 0 Å². The summed E-state index contributed by atoms with van der Waals surface area (Å²) in [5.74, 6) is 0.0515. The minimum atomic E-state index is -0.164. The lowest BCUT2D eigenvalue weighted by Gasteiger charge is -2.22. The third kappa shape index (κ3) is 3.53. The molecule has 0 radical (unpaired) electrons. The van der Waals surface area contributed by atoms with Crippen LogP contribution in [0.2, 0.25) is 0 Å². The normalized spacial score (nSPS) is 28.9. The van der Waals surface area contributed by atoms with Gasteiger partial charge in [-0.1, -0.05) is 0 Å². The lowest BCUT2D eigenvalue weighted by atomic mass is 10.1. The van der Waals surface area contributed by atoms with Crippen LogP contribution in [0, 0.1) is 0 Å². The maximum absolute atomic E-state index is 11.6. The summed E-state index contributed by atoms with van der Waals surface area (Å²) in [5, 5.41) is 6.10. The van der Waals surface area contributed by atoms with Gasteiger partial charge in [-0.15, -0.1) is 11.6 Å². The van der Waals surface area contributed by atoms with Crippen LogP contribution >= 0.6 is 11.6 Å². The molecule has 0 bridgehead atoms. The summed E-state index contributed by atoms with van der Waals surface area (Å²) in [5.41, 5.74) is -0.164. The Labute approximate surface area is 84.2 Å². The van der Waals surface area contributed by atoms with Crippen LogP contribution in [0.15, 0.2) is 0 Å². The number of amides is 1. The van der Waals surface area contributed by atoms with Crippen molar-refractivity contribution in [3.8, 4) is 0 Å². The number of hydrogen-bond donors (Lipinski definition) is 2. The summed E-state index contributed by atoms with van der Waals surface area (Å²) in [7, 11) is 0. The molecule has 0 aliphatic carbocycles. The Hall–Kier alpha value is -0.280. The lowest BCUT2D eigenvalue weighted by Crippen LogP contribution is -2.48. The number of nitrogens with one attached hydrogen (secondary N) is 2. The Morgan fingerprint density at radius 2 is 2.15 bits per heavy atom. The van der Waals surface area contributed by atoms with E-state index in [1.807, 2.05) is 20.8 Å². The Balaban J connectivity index is 2.41. The van der Waals surface area contributed by atoms with Crippen molar-refractivity contribution in [2.45, 2.75) is 44.1 Å². The van der Waals surface area contributed by atoms with Gasteiger partial charge in [-0.2, -0.15) is 0 Å². The van der Waals surface area contributed by atoms with E-state index in [0.717, 1.165) is 13.0 Å². The molecule has 1 aliphatic heterocycles. The standard InChI is InChI=1S/C9H17ClN2O/c1-9(2,3)12-8(13)7-4-6(10)5-11-7/h6-7,11H,4-5H2,1-3H3,(H,12,13)/t6-,7-/m0/s1. The summed E-state index contributed by atoms with van der Waals surface area (Å²) >= 11 is 5.88. The number of halogens is 1. The number of hydrogen-bond acceptors (Lipinski definition) is 2. The Morgan fingerprint density at radius 3 is 2.54 bits per heavy atom. The van der Waals surface area contributed by atoms with Crippen molar-refractivity contribution in [2.24, 2.45) is 0 Å². The highest BCUT2D eigenvalue weighted by Gasteiger charge is 2.29. The number of rotatable bonds is 1. The molecule has 0 aromatic heterocycles. The SMILES string of the molecule is CC(C)(C)NC(=O)[C@@H]1C[C@H](Cl)CN1. The zero-order valence-corrected chi connectivity index (χ0v) is 9.11. The highest BCUT2D eigenvalue weighted by molar-refractivity contribution is 6.21. The molecule has 0 unspecified atom stereocenters. The van der Waals surface area contributed by atoms with Crippen LogP contribution in [0.1, 0.15) is 27.2 Å². The first-order valence-electron chi connectivity index (χ1n) is 4.58.